The van der Waals surface area contributed by atoms with Crippen LogP contribution in [0.25, 0.3) is 0 Å². The zero-order valence-electron chi connectivity index (χ0n) is 10.3. The Labute approximate surface area is 118 Å². The summed E-state index contributed by atoms with van der Waals surface area (Å²) in [4.78, 5) is 3.35. The number of sulfonamides is 1. The van der Waals surface area contributed by atoms with E-state index >= 15 is 0 Å². The number of nitrogens with zero attached hydrogens (tertiary/aromatic N) is 1. The largest absolute Gasteiger partial charge is 0.438 e. The van der Waals surface area contributed by atoms with Crippen LogP contribution in [-0.4, -0.2) is 13.4 Å². The Balaban J connectivity index is 2.32. The summed E-state index contributed by atoms with van der Waals surface area (Å²) in [5.41, 5.74) is -0.845. The molecule has 0 aliphatic heterocycles. The molecule has 0 amide bonds. The zero-order valence-corrected chi connectivity index (χ0v) is 11.1. The van der Waals surface area contributed by atoms with Gasteiger partial charge in [-0.25, -0.2) is 18.5 Å². The average molecular weight is 318 g/mol. The van der Waals surface area contributed by atoms with E-state index in [0.29, 0.717) is 0 Å². The van der Waals surface area contributed by atoms with Crippen molar-refractivity contribution in [3.05, 3.63) is 48.2 Å². The van der Waals surface area contributed by atoms with E-state index in [9.17, 15) is 21.6 Å². The first-order valence-electron chi connectivity index (χ1n) is 5.51. The van der Waals surface area contributed by atoms with E-state index in [4.69, 9.17) is 9.88 Å². The van der Waals surface area contributed by atoms with Crippen molar-refractivity contribution in [2.75, 3.05) is 0 Å². The molecule has 2 rings (SSSR count). The maximum absolute atomic E-state index is 12.4. The summed E-state index contributed by atoms with van der Waals surface area (Å²) in [6.07, 6.45) is -3.19. The number of halogens is 3. The summed E-state index contributed by atoms with van der Waals surface area (Å²) in [6.45, 7) is 0. The Morgan fingerprint density at radius 2 is 1.71 bits per heavy atom. The minimum absolute atomic E-state index is 0.00611. The van der Waals surface area contributed by atoms with Gasteiger partial charge in [-0.1, -0.05) is 0 Å². The Morgan fingerprint density at radius 1 is 1.10 bits per heavy atom. The Kier molecular flexibility index (Phi) is 3.88. The molecule has 5 nitrogen and oxygen atoms in total. The molecule has 1 aromatic heterocycles. The third-order valence-electron chi connectivity index (χ3n) is 2.44. The molecule has 0 aliphatic rings. The van der Waals surface area contributed by atoms with Crippen molar-refractivity contribution in [1.82, 2.24) is 4.98 Å². The fraction of sp³-hybridized carbons (Fsp3) is 0.0833. The second-order valence-corrected chi connectivity index (χ2v) is 5.51. The van der Waals surface area contributed by atoms with Crippen molar-refractivity contribution < 1.29 is 26.3 Å². The predicted octanol–water partition coefficient (Wildman–Crippen LogP) is 2.54. The van der Waals surface area contributed by atoms with Crippen LogP contribution >= 0.6 is 0 Å². The van der Waals surface area contributed by atoms with Gasteiger partial charge < -0.3 is 4.74 Å². The molecule has 2 N–H and O–H groups in total. The summed E-state index contributed by atoms with van der Waals surface area (Å²) in [5, 5.41) is 5.00. The topological polar surface area (TPSA) is 82.3 Å². The highest BCUT2D eigenvalue weighted by Gasteiger charge is 2.30. The molecule has 0 bridgehead atoms. The Morgan fingerprint density at radius 3 is 2.24 bits per heavy atom. The molecule has 0 spiro atoms. The summed E-state index contributed by atoms with van der Waals surface area (Å²) >= 11 is 0. The zero-order chi connectivity index (χ0) is 15.7. The van der Waals surface area contributed by atoms with Gasteiger partial charge >= 0.3 is 6.18 Å². The number of ether oxygens (including phenoxy) is 1. The molecule has 0 saturated heterocycles. The van der Waals surface area contributed by atoms with Crippen LogP contribution in [0.1, 0.15) is 5.56 Å². The van der Waals surface area contributed by atoms with Gasteiger partial charge in [-0.2, -0.15) is 13.2 Å². The van der Waals surface area contributed by atoms with Gasteiger partial charge in [0.1, 0.15) is 10.6 Å². The third-order valence-corrected chi connectivity index (χ3v) is 3.36. The van der Waals surface area contributed by atoms with E-state index in [0.717, 1.165) is 24.3 Å². The normalized spacial score (nSPS) is 12.2. The first-order valence-corrected chi connectivity index (χ1v) is 7.05. The van der Waals surface area contributed by atoms with Crippen LogP contribution in [-0.2, 0) is 16.2 Å². The van der Waals surface area contributed by atoms with Crippen LogP contribution in [0.4, 0.5) is 13.2 Å². The molecule has 112 valence electrons. The Hall–Kier alpha value is -2.13. The van der Waals surface area contributed by atoms with Crippen molar-refractivity contribution >= 4 is 10.0 Å². The van der Waals surface area contributed by atoms with Gasteiger partial charge in [-0.3, -0.25) is 0 Å². The lowest BCUT2D eigenvalue weighted by molar-refractivity contribution is -0.137. The molecule has 0 radical (unpaired) electrons. The van der Waals surface area contributed by atoms with Gasteiger partial charge in [-0.15, -0.1) is 0 Å². The molecule has 21 heavy (non-hydrogen) atoms. The van der Waals surface area contributed by atoms with Gasteiger partial charge in [-0.05, 0) is 36.4 Å². The number of alkyl halides is 3. The van der Waals surface area contributed by atoms with Crippen molar-refractivity contribution in [1.29, 1.82) is 0 Å². The number of nitrogens with two attached hydrogens (primary N) is 1. The number of benzene rings is 1. The quantitative estimate of drug-likeness (QED) is 0.943. The lowest BCUT2D eigenvalue weighted by Gasteiger charge is -2.10. The van der Waals surface area contributed by atoms with Gasteiger partial charge in [0.25, 0.3) is 0 Å². The monoisotopic (exact) mass is 318 g/mol. The van der Waals surface area contributed by atoms with E-state index in [1.165, 1.54) is 18.3 Å². The van der Waals surface area contributed by atoms with E-state index in [1.54, 1.807) is 0 Å². The SMILES string of the molecule is NS(=O)(=O)c1cccnc1Oc1ccc(C(F)(F)F)cc1. The predicted molar refractivity (Wildman–Crippen MR) is 67.1 cm³/mol. The van der Waals surface area contributed by atoms with Gasteiger partial charge in [0.05, 0.1) is 5.56 Å². The second-order valence-electron chi connectivity index (χ2n) is 3.98. The van der Waals surface area contributed by atoms with Crippen molar-refractivity contribution in [2.45, 2.75) is 11.1 Å². The molecule has 2 aromatic rings. The van der Waals surface area contributed by atoms with Gasteiger partial charge in [0.15, 0.2) is 0 Å². The smallest absolute Gasteiger partial charge is 0.416 e. The van der Waals surface area contributed by atoms with Crippen LogP contribution in [0.15, 0.2) is 47.5 Å². The first kappa shape index (κ1) is 15.3. The number of hydrogen-bond donors (Lipinski definition) is 1. The lowest BCUT2D eigenvalue weighted by atomic mass is 10.2. The number of hydrogen-bond acceptors (Lipinski definition) is 4. The maximum Gasteiger partial charge on any atom is 0.416 e. The summed E-state index contributed by atoms with van der Waals surface area (Å²) in [7, 11) is -4.05. The molecule has 0 aliphatic carbocycles. The van der Waals surface area contributed by atoms with Crippen LogP contribution < -0.4 is 9.88 Å². The van der Waals surface area contributed by atoms with Gasteiger partial charge in [0.2, 0.25) is 15.9 Å². The Bertz CT molecular complexity index is 743. The van der Waals surface area contributed by atoms with Crippen molar-refractivity contribution in [3.8, 4) is 11.6 Å². The minimum Gasteiger partial charge on any atom is -0.438 e. The maximum atomic E-state index is 12.4. The van der Waals surface area contributed by atoms with Crippen LogP contribution in [0, 0.1) is 0 Å². The summed E-state index contributed by atoms with van der Waals surface area (Å²) in [6, 6.07) is 6.28. The van der Waals surface area contributed by atoms with Crippen molar-refractivity contribution in [3.63, 3.8) is 0 Å². The molecular formula is C12H9F3N2O3S. The van der Waals surface area contributed by atoms with E-state index in [-0.39, 0.29) is 16.5 Å². The second kappa shape index (κ2) is 5.34. The number of rotatable bonds is 3. The van der Waals surface area contributed by atoms with Crippen LogP contribution in [0.2, 0.25) is 0 Å². The molecular weight excluding hydrogens is 309 g/mol. The number of pyridine rings is 1. The first-order chi connectivity index (χ1) is 9.68. The highest BCUT2D eigenvalue weighted by atomic mass is 32.2. The minimum atomic E-state index is -4.46. The fourth-order valence-corrected chi connectivity index (χ4v) is 2.10. The summed E-state index contributed by atoms with van der Waals surface area (Å²) in [5.74, 6) is -0.300. The van der Waals surface area contributed by atoms with Crippen LogP contribution in [0.3, 0.4) is 0 Å². The molecule has 1 aromatic carbocycles. The fourth-order valence-electron chi connectivity index (χ4n) is 1.49. The highest BCUT2D eigenvalue weighted by molar-refractivity contribution is 7.89. The van der Waals surface area contributed by atoms with Gasteiger partial charge in [0, 0.05) is 6.20 Å². The lowest BCUT2D eigenvalue weighted by Crippen LogP contribution is -2.13. The molecule has 9 heteroatoms. The van der Waals surface area contributed by atoms with Crippen LogP contribution in [0.5, 0.6) is 11.6 Å². The number of aromatic nitrogens is 1. The third kappa shape index (κ3) is 3.70. The summed E-state index contributed by atoms with van der Waals surface area (Å²) < 4.78 is 65.1. The molecule has 0 atom stereocenters. The van der Waals surface area contributed by atoms with E-state index in [2.05, 4.69) is 4.98 Å². The highest BCUT2D eigenvalue weighted by Crippen LogP contribution is 2.32. The van der Waals surface area contributed by atoms with E-state index < -0.39 is 21.8 Å². The molecule has 0 saturated carbocycles. The molecule has 1 heterocycles. The average Bonchev–Trinajstić information content (AvgIpc) is 2.37. The number of primary sulfonamides is 1. The van der Waals surface area contributed by atoms with E-state index in [1.807, 2.05) is 0 Å². The molecule has 0 fully saturated rings. The van der Waals surface area contributed by atoms with Crippen molar-refractivity contribution in [2.24, 2.45) is 5.14 Å². The standard InChI is InChI=1S/C12H9F3N2O3S/c13-12(14,15)8-3-5-9(6-4-8)20-11-10(21(16,18)19)2-1-7-17-11/h1-7H,(H2,16,18,19). The molecule has 0 unspecified atom stereocenters.